The molecular weight excluding hydrogens is 172 g/mol. The van der Waals surface area contributed by atoms with E-state index in [-0.39, 0.29) is 0 Å². The maximum Gasteiger partial charge on any atom is 0.214 e. The van der Waals surface area contributed by atoms with Gasteiger partial charge in [0.15, 0.2) is 18.4 Å². The van der Waals surface area contributed by atoms with Gasteiger partial charge in [-0.25, -0.2) is 4.98 Å². The van der Waals surface area contributed by atoms with Crippen molar-refractivity contribution in [3.63, 3.8) is 0 Å². The van der Waals surface area contributed by atoms with Crippen LogP contribution in [0.4, 0.5) is 0 Å². The fraction of sp³-hybridized carbons (Fsp3) is 0.125. The molecule has 0 amide bonds. The summed E-state index contributed by atoms with van der Waals surface area (Å²) in [6.07, 6.45) is 3.29. The van der Waals surface area contributed by atoms with Crippen molar-refractivity contribution in [1.29, 1.82) is 0 Å². The van der Waals surface area contributed by atoms with E-state index in [1.165, 1.54) is 12.6 Å². The van der Waals surface area contributed by atoms with E-state index < -0.39 is 0 Å². The zero-order chi connectivity index (χ0) is 9.26. The van der Waals surface area contributed by atoms with Gasteiger partial charge in [0, 0.05) is 0 Å². The van der Waals surface area contributed by atoms with Crippen molar-refractivity contribution >= 4 is 6.29 Å². The number of aromatic nitrogens is 2. The molecule has 0 aliphatic carbocycles. The maximum absolute atomic E-state index is 10.5. The third-order valence-electron chi connectivity index (χ3n) is 1.68. The summed E-state index contributed by atoms with van der Waals surface area (Å²) in [6.45, 7) is 1.76. The molecule has 2 aromatic rings. The van der Waals surface area contributed by atoms with Crippen LogP contribution < -0.4 is 0 Å². The van der Waals surface area contributed by atoms with E-state index in [4.69, 9.17) is 8.94 Å². The maximum atomic E-state index is 10.5. The lowest BCUT2D eigenvalue weighted by Gasteiger charge is -1.89. The van der Waals surface area contributed by atoms with E-state index >= 15 is 0 Å². The van der Waals surface area contributed by atoms with Crippen LogP contribution in [0.3, 0.4) is 0 Å². The summed E-state index contributed by atoms with van der Waals surface area (Å²) < 4.78 is 9.91. The number of oxazole rings is 1. The Bertz CT molecular complexity index is 430. The summed E-state index contributed by atoms with van der Waals surface area (Å²) in [5.41, 5.74) is 1.03. The first-order chi connectivity index (χ1) is 6.33. The van der Waals surface area contributed by atoms with E-state index in [1.807, 2.05) is 0 Å². The van der Waals surface area contributed by atoms with Gasteiger partial charge in [-0.15, -0.1) is 0 Å². The molecule has 2 rings (SSSR count). The average molecular weight is 178 g/mol. The summed E-state index contributed by atoms with van der Waals surface area (Å²) in [5.74, 6) is 0.768. The molecule has 5 heteroatoms. The van der Waals surface area contributed by atoms with Crippen LogP contribution in [-0.2, 0) is 0 Å². The molecule has 0 radical (unpaired) electrons. The van der Waals surface area contributed by atoms with Gasteiger partial charge in [-0.3, -0.25) is 4.79 Å². The molecule has 5 nitrogen and oxygen atoms in total. The second-order valence-corrected chi connectivity index (χ2v) is 2.50. The Balaban J connectivity index is 2.58. The zero-order valence-electron chi connectivity index (χ0n) is 6.85. The normalized spacial score (nSPS) is 10.2. The van der Waals surface area contributed by atoms with Crippen LogP contribution >= 0.6 is 0 Å². The Morgan fingerprint density at radius 1 is 1.46 bits per heavy atom. The van der Waals surface area contributed by atoms with Crippen LogP contribution in [0.25, 0.3) is 11.5 Å². The molecule has 0 atom stereocenters. The summed E-state index contributed by atoms with van der Waals surface area (Å²) in [4.78, 5) is 14.4. The third kappa shape index (κ3) is 1.14. The molecule has 2 heterocycles. The number of hydrogen-bond donors (Lipinski definition) is 0. The molecule has 2 aromatic heterocycles. The van der Waals surface area contributed by atoms with E-state index in [0.29, 0.717) is 29.1 Å². The van der Waals surface area contributed by atoms with Crippen molar-refractivity contribution in [3.8, 4) is 11.5 Å². The molecule has 0 spiro atoms. The van der Waals surface area contributed by atoms with E-state index in [1.54, 1.807) is 6.92 Å². The molecule has 0 aliphatic rings. The van der Waals surface area contributed by atoms with Crippen LogP contribution in [-0.4, -0.2) is 16.4 Å². The Hall–Kier alpha value is -1.91. The summed E-state index contributed by atoms with van der Waals surface area (Å²) in [6, 6.07) is 0. The Labute approximate surface area is 73.4 Å². The first kappa shape index (κ1) is 7.72. The average Bonchev–Trinajstić information content (AvgIpc) is 2.71. The number of aryl methyl sites for hydroxylation is 1. The fourth-order valence-electron chi connectivity index (χ4n) is 1.02. The molecule has 0 bridgehead atoms. The predicted molar refractivity (Wildman–Crippen MR) is 42.1 cm³/mol. The summed E-state index contributed by atoms with van der Waals surface area (Å²) in [7, 11) is 0. The quantitative estimate of drug-likeness (QED) is 0.651. The Kier molecular flexibility index (Phi) is 1.70. The summed E-state index contributed by atoms with van der Waals surface area (Å²) >= 11 is 0. The van der Waals surface area contributed by atoms with Crippen molar-refractivity contribution in [2.45, 2.75) is 6.92 Å². The Morgan fingerprint density at radius 3 is 2.92 bits per heavy atom. The lowest BCUT2D eigenvalue weighted by atomic mass is 10.2. The van der Waals surface area contributed by atoms with Crippen molar-refractivity contribution in [1.82, 2.24) is 10.1 Å². The highest BCUT2D eigenvalue weighted by molar-refractivity contribution is 5.83. The van der Waals surface area contributed by atoms with Crippen LogP contribution in [0, 0.1) is 6.92 Å². The van der Waals surface area contributed by atoms with Gasteiger partial charge in [-0.2, -0.15) is 0 Å². The molecule has 0 unspecified atom stereocenters. The second kappa shape index (κ2) is 2.85. The van der Waals surface area contributed by atoms with Crippen LogP contribution in [0.1, 0.15) is 16.1 Å². The Morgan fingerprint density at radius 2 is 2.31 bits per heavy atom. The molecular formula is C8H6N2O3. The lowest BCUT2D eigenvalue weighted by molar-refractivity contribution is 0.112. The summed E-state index contributed by atoms with van der Waals surface area (Å²) in [5, 5.41) is 3.50. The van der Waals surface area contributed by atoms with E-state index in [9.17, 15) is 4.79 Å². The minimum Gasteiger partial charge on any atom is -0.440 e. The van der Waals surface area contributed by atoms with Gasteiger partial charge in [-0.05, 0) is 6.92 Å². The van der Waals surface area contributed by atoms with Gasteiger partial charge in [0.2, 0.25) is 5.76 Å². The second-order valence-electron chi connectivity index (χ2n) is 2.50. The smallest absolute Gasteiger partial charge is 0.214 e. The molecule has 13 heavy (non-hydrogen) atoms. The largest absolute Gasteiger partial charge is 0.440 e. The van der Waals surface area contributed by atoms with Gasteiger partial charge < -0.3 is 8.94 Å². The minimum atomic E-state index is 0.324. The number of aldehydes is 1. The minimum absolute atomic E-state index is 0.324. The first-order valence-corrected chi connectivity index (χ1v) is 3.63. The highest BCUT2D eigenvalue weighted by atomic mass is 16.5. The highest BCUT2D eigenvalue weighted by Crippen LogP contribution is 2.24. The SMILES string of the molecule is Cc1ncoc1-c1oncc1C=O. The van der Waals surface area contributed by atoms with Crippen molar-refractivity contribution in [2.75, 3.05) is 0 Å². The van der Waals surface area contributed by atoms with Crippen molar-refractivity contribution < 1.29 is 13.7 Å². The van der Waals surface area contributed by atoms with Crippen LogP contribution in [0.5, 0.6) is 0 Å². The number of carbonyl (C=O) groups excluding carboxylic acids is 1. The molecule has 66 valence electrons. The van der Waals surface area contributed by atoms with Crippen LogP contribution in [0.2, 0.25) is 0 Å². The third-order valence-corrected chi connectivity index (χ3v) is 1.68. The molecule has 0 aromatic carbocycles. The van der Waals surface area contributed by atoms with Gasteiger partial charge >= 0.3 is 0 Å². The zero-order valence-corrected chi connectivity index (χ0v) is 6.85. The molecule has 0 aliphatic heterocycles. The fourth-order valence-corrected chi connectivity index (χ4v) is 1.02. The monoisotopic (exact) mass is 178 g/mol. The van der Waals surface area contributed by atoms with Crippen LogP contribution in [0.15, 0.2) is 21.5 Å². The van der Waals surface area contributed by atoms with Crippen molar-refractivity contribution in [3.05, 3.63) is 23.8 Å². The molecule has 0 N–H and O–H groups in total. The molecule has 0 saturated carbocycles. The molecule has 0 fully saturated rings. The lowest BCUT2D eigenvalue weighted by Crippen LogP contribution is -1.81. The van der Waals surface area contributed by atoms with E-state index in [0.717, 1.165) is 0 Å². The topological polar surface area (TPSA) is 69.1 Å². The molecule has 0 saturated heterocycles. The van der Waals surface area contributed by atoms with Gasteiger partial charge in [-0.1, -0.05) is 5.16 Å². The number of rotatable bonds is 2. The number of nitrogens with zero attached hydrogens (tertiary/aromatic N) is 2. The first-order valence-electron chi connectivity index (χ1n) is 3.63. The van der Waals surface area contributed by atoms with Gasteiger partial charge in [0.05, 0.1) is 17.5 Å². The number of hydrogen-bond acceptors (Lipinski definition) is 5. The van der Waals surface area contributed by atoms with Gasteiger partial charge in [0.1, 0.15) is 0 Å². The van der Waals surface area contributed by atoms with Crippen molar-refractivity contribution in [2.24, 2.45) is 0 Å². The standard InChI is InChI=1S/C8H6N2O3/c1-5-7(12-4-9-5)8-6(3-11)2-10-13-8/h2-4H,1H3. The van der Waals surface area contributed by atoms with E-state index in [2.05, 4.69) is 10.1 Å². The van der Waals surface area contributed by atoms with Gasteiger partial charge in [0.25, 0.3) is 0 Å². The predicted octanol–water partition coefficient (Wildman–Crippen LogP) is 1.45. The highest BCUT2D eigenvalue weighted by Gasteiger charge is 2.16. The number of carbonyl (C=O) groups is 1.